The summed E-state index contributed by atoms with van der Waals surface area (Å²) in [6, 6.07) is 4.14. The Hall–Kier alpha value is -2.83. The van der Waals surface area contributed by atoms with Crippen LogP contribution in [0.1, 0.15) is 28.0 Å². The summed E-state index contributed by atoms with van der Waals surface area (Å²) >= 11 is 0. The third kappa shape index (κ3) is 2.78. The van der Waals surface area contributed by atoms with Gasteiger partial charge in [0.2, 0.25) is 0 Å². The molecule has 0 saturated carbocycles. The van der Waals surface area contributed by atoms with Gasteiger partial charge in [0, 0.05) is 11.1 Å². The number of nitrogens with zero attached hydrogens (tertiary/aromatic N) is 3. The lowest BCUT2D eigenvalue weighted by Gasteiger charge is -2.16. The van der Waals surface area contributed by atoms with Gasteiger partial charge in [-0.15, -0.1) is 5.10 Å². The van der Waals surface area contributed by atoms with Gasteiger partial charge >= 0.3 is 5.97 Å². The molecule has 1 aliphatic carbocycles. The fourth-order valence-corrected chi connectivity index (χ4v) is 2.46. The summed E-state index contributed by atoms with van der Waals surface area (Å²) in [4.78, 5) is 23.0. The second kappa shape index (κ2) is 5.51. The molecule has 0 radical (unpaired) electrons. The number of aryl methyl sites for hydroxylation is 1. The maximum Gasteiger partial charge on any atom is 0.325 e. The van der Waals surface area contributed by atoms with Crippen LogP contribution < -0.4 is 0 Å². The number of aromatic nitrogens is 3. The lowest BCUT2D eigenvalue weighted by atomic mass is 9.86. The molecule has 3 rings (SSSR count). The Balaban J connectivity index is 1.86. The highest BCUT2D eigenvalue weighted by Crippen LogP contribution is 2.26. The van der Waals surface area contributed by atoms with Gasteiger partial charge in [-0.3, -0.25) is 9.59 Å². The van der Waals surface area contributed by atoms with Crippen LogP contribution in [0.2, 0.25) is 0 Å². The maximum atomic E-state index is 13.2. The number of carbonyl (C=O) groups is 2. The normalized spacial score (nSPS) is 15.9. The number of hydrogen-bond acceptors (Lipinski definition) is 4. The monoisotopic (exact) mass is 301 g/mol. The third-order valence-corrected chi connectivity index (χ3v) is 3.44. The van der Waals surface area contributed by atoms with Crippen molar-refractivity contribution in [1.29, 1.82) is 0 Å². The third-order valence-electron chi connectivity index (χ3n) is 3.44. The first-order chi connectivity index (χ1) is 10.5. The molecular formula is C15H12FN3O3. The molecule has 0 fully saturated rings. The average molecular weight is 301 g/mol. The van der Waals surface area contributed by atoms with Crippen molar-refractivity contribution < 1.29 is 19.1 Å². The van der Waals surface area contributed by atoms with Gasteiger partial charge in [0.15, 0.2) is 5.78 Å². The summed E-state index contributed by atoms with van der Waals surface area (Å²) in [5.41, 5.74) is 2.19. The Morgan fingerprint density at radius 1 is 1.41 bits per heavy atom. The number of halogens is 1. The van der Waals surface area contributed by atoms with Gasteiger partial charge in [-0.25, -0.2) is 9.07 Å². The predicted octanol–water partition coefficient (Wildman–Crippen LogP) is 1.71. The van der Waals surface area contributed by atoms with Gasteiger partial charge in [0.1, 0.15) is 18.1 Å². The number of hydrogen-bond donors (Lipinski definition) is 1. The number of carbonyl (C=O) groups excluding carboxylic acids is 1. The van der Waals surface area contributed by atoms with E-state index in [9.17, 15) is 14.0 Å². The van der Waals surface area contributed by atoms with Crippen LogP contribution in [0.5, 0.6) is 0 Å². The minimum atomic E-state index is -1.02. The highest BCUT2D eigenvalue weighted by atomic mass is 19.1. The van der Waals surface area contributed by atoms with E-state index >= 15 is 0 Å². The summed E-state index contributed by atoms with van der Waals surface area (Å²) in [6.45, 7) is -0.285. The maximum absolute atomic E-state index is 13.2. The van der Waals surface area contributed by atoms with Crippen molar-refractivity contribution in [1.82, 2.24) is 15.0 Å². The van der Waals surface area contributed by atoms with Crippen molar-refractivity contribution in [2.75, 3.05) is 0 Å². The number of benzene rings is 1. The Labute approximate surface area is 124 Å². The summed E-state index contributed by atoms with van der Waals surface area (Å²) < 4.78 is 14.4. The number of fused-ring (bicyclic) bond motifs is 1. The largest absolute Gasteiger partial charge is 0.480 e. The van der Waals surface area contributed by atoms with E-state index in [1.807, 2.05) is 0 Å². The van der Waals surface area contributed by atoms with Crippen LogP contribution in [0, 0.1) is 5.82 Å². The first-order valence-corrected chi connectivity index (χ1v) is 6.68. The SMILES string of the molecule is O=C(O)Cn1cc(/C=C2/CCc3cc(F)ccc3C2=O)nn1. The molecule has 0 spiro atoms. The highest BCUT2D eigenvalue weighted by Gasteiger charge is 2.22. The number of carboxylic acids is 1. The number of carboxylic acid groups (broad SMARTS) is 1. The van der Waals surface area contributed by atoms with Crippen molar-refractivity contribution >= 4 is 17.8 Å². The number of aliphatic carboxylic acids is 1. The topological polar surface area (TPSA) is 85.1 Å². The van der Waals surface area contributed by atoms with E-state index in [0.29, 0.717) is 35.2 Å². The standard InChI is InChI=1S/C15H12FN3O3/c16-11-3-4-13-9(5-11)1-2-10(15(13)22)6-12-7-19(18-17-12)8-14(20)21/h3-7H,1-2,8H2,(H,20,21)/b10-6-. The van der Waals surface area contributed by atoms with Crippen molar-refractivity contribution in [2.24, 2.45) is 0 Å². The molecule has 0 saturated heterocycles. The zero-order chi connectivity index (χ0) is 15.7. The van der Waals surface area contributed by atoms with Gasteiger partial charge in [0.25, 0.3) is 0 Å². The molecule has 0 bridgehead atoms. The van der Waals surface area contributed by atoms with Crippen LogP contribution >= 0.6 is 0 Å². The van der Waals surface area contributed by atoms with Gasteiger partial charge < -0.3 is 5.11 Å². The number of ketones is 1. The predicted molar refractivity (Wildman–Crippen MR) is 74.7 cm³/mol. The molecule has 2 aromatic rings. The Bertz CT molecular complexity index is 795. The second-order valence-electron chi connectivity index (χ2n) is 5.03. The van der Waals surface area contributed by atoms with Gasteiger partial charge in [-0.1, -0.05) is 5.21 Å². The lowest BCUT2D eigenvalue weighted by molar-refractivity contribution is -0.137. The number of rotatable bonds is 3. The average Bonchev–Trinajstić information content (AvgIpc) is 2.88. The summed E-state index contributed by atoms with van der Waals surface area (Å²) in [5.74, 6) is -1.53. The van der Waals surface area contributed by atoms with Gasteiger partial charge in [-0.2, -0.15) is 0 Å². The van der Waals surface area contributed by atoms with E-state index in [0.717, 1.165) is 0 Å². The zero-order valence-electron chi connectivity index (χ0n) is 11.5. The Morgan fingerprint density at radius 2 is 2.23 bits per heavy atom. The van der Waals surface area contributed by atoms with E-state index in [2.05, 4.69) is 10.3 Å². The molecule has 112 valence electrons. The molecule has 0 amide bonds. The molecule has 0 atom stereocenters. The molecule has 0 aliphatic heterocycles. The lowest BCUT2D eigenvalue weighted by Crippen LogP contribution is -2.14. The van der Waals surface area contributed by atoms with Crippen molar-refractivity contribution in [3.63, 3.8) is 0 Å². The molecule has 22 heavy (non-hydrogen) atoms. The summed E-state index contributed by atoms with van der Waals surface area (Å²) in [7, 11) is 0. The van der Waals surface area contributed by atoms with E-state index in [-0.39, 0.29) is 18.1 Å². The molecule has 1 N–H and O–H groups in total. The summed E-state index contributed by atoms with van der Waals surface area (Å²) in [5, 5.41) is 16.2. The van der Waals surface area contributed by atoms with E-state index in [1.54, 1.807) is 6.08 Å². The van der Waals surface area contributed by atoms with Crippen molar-refractivity contribution in [3.8, 4) is 0 Å². The van der Waals surface area contributed by atoms with Crippen LogP contribution in [-0.4, -0.2) is 31.9 Å². The number of allylic oxidation sites excluding steroid dienone is 1. The Morgan fingerprint density at radius 3 is 3.00 bits per heavy atom. The van der Waals surface area contributed by atoms with Crippen LogP contribution in [0.3, 0.4) is 0 Å². The fourth-order valence-electron chi connectivity index (χ4n) is 2.46. The molecule has 1 heterocycles. The first-order valence-electron chi connectivity index (χ1n) is 6.68. The minimum absolute atomic E-state index is 0.158. The van der Waals surface area contributed by atoms with Crippen LogP contribution in [0.4, 0.5) is 4.39 Å². The number of Topliss-reactive ketones (excluding diaryl/α,β-unsaturated/α-hetero) is 1. The van der Waals surface area contributed by atoms with E-state index in [1.165, 1.54) is 29.1 Å². The smallest absolute Gasteiger partial charge is 0.325 e. The first kappa shape index (κ1) is 14.1. The fraction of sp³-hybridized carbons (Fsp3) is 0.200. The molecule has 1 aliphatic rings. The van der Waals surface area contributed by atoms with Crippen molar-refractivity contribution in [3.05, 3.63) is 52.6 Å². The van der Waals surface area contributed by atoms with Crippen LogP contribution in [0.15, 0.2) is 30.0 Å². The molecule has 6 nitrogen and oxygen atoms in total. The zero-order valence-corrected chi connectivity index (χ0v) is 11.5. The van der Waals surface area contributed by atoms with Gasteiger partial charge in [0.05, 0.1) is 6.20 Å². The highest BCUT2D eigenvalue weighted by molar-refractivity contribution is 6.13. The second-order valence-corrected chi connectivity index (χ2v) is 5.03. The molecule has 1 aromatic heterocycles. The van der Waals surface area contributed by atoms with E-state index < -0.39 is 5.97 Å². The van der Waals surface area contributed by atoms with Crippen molar-refractivity contribution in [2.45, 2.75) is 19.4 Å². The van der Waals surface area contributed by atoms with E-state index in [4.69, 9.17) is 5.11 Å². The molecular weight excluding hydrogens is 289 g/mol. The van der Waals surface area contributed by atoms with Gasteiger partial charge in [-0.05, 0) is 42.7 Å². The molecule has 1 aromatic carbocycles. The summed E-state index contributed by atoms with van der Waals surface area (Å²) in [6.07, 6.45) is 4.13. The molecule has 0 unspecified atom stereocenters. The molecule has 7 heteroatoms. The quantitative estimate of drug-likeness (QED) is 0.872. The van der Waals surface area contributed by atoms with Crippen LogP contribution in [-0.2, 0) is 17.8 Å². The Kier molecular flexibility index (Phi) is 3.54. The minimum Gasteiger partial charge on any atom is -0.480 e. The van der Waals surface area contributed by atoms with Crippen LogP contribution in [0.25, 0.3) is 6.08 Å².